The van der Waals surface area contributed by atoms with E-state index in [1.165, 1.54) is 167 Å². The molecule has 1 heterocycles. The molecule has 0 aromatic carbocycles. The quantitative estimate of drug-likeness (QED) is 0.0299. The second kappa shape index (κ2) is 46.8. The van der Waals surface area contributed by atoms with Gasteiger partial charge in [-0.3, -0.25) is 14.4 Å². The molecule has 0 amide bonds. The van der Waals surface area contributed by atoms with Crippen molar-refractivity contribution in [3.05, 3.63) is 0 Å². The van der Waals surface area contributed by atoms with Crippen molar-refractivity contribution < 1.29 is 58.2 Å². The van der Waals surface area contributed by atoms with Gasteiger partial charge in [-0.2, -0.15) is 0 Å². The van der Waals surface area contributed by atoms with Crippen LogP contribution in [0.25, 0.3) is 0 Å². The first kappa shape index (κ1) is 64.7. The normalized spacial score (nSPS) is 18.5. The van der Waals surface area contributed by atoms with E-state index in [0.29, 0.717) is 19.3 Å². The molecule has 6 atom stereocenters. The lowest BCUT2D eigenvalue weighted by atomic mass is 9.98. The van der Waals surface area contributed by atoms with Crippen molar-refractivity contribution in [2.24, 2.45) is 0 Å². The number of aliphatic hydroxyl groups excluding tert-OH is 2. The highest BCUT2D eigenvalue weighted by Gasteiger charge is 2.50. The van der Waals surface area contributed by atoms with Gasteiger partial charge >= 0.3 is 23.9 Å². The monoisotopic (exact) mass is 983 g/mol. The third-order valence-corrected chi connectivity index (χ3v) is 13.7. The van der Waals surface area contributed by atoms with Gasteiger partial charge in [0.15, 0.2) is 24.6 Å². The summed E-state index contributed by atoms with van der Waals surface area (Å²) in [6.07, 6.45) is 36.7. The van der Waals surface area contributed by atoms with E-state index in [0.717, 1.165) is 64.2 Å². The molecule has 12 nitrogen and oxygen atoms in total. The van der Waals surface area contributed by atoms with Crippen LogP contribution in [-0.2, 0) is 42.9 Å². The van der Waals surface area contributed by atoms with Crippen LogP contribution in [0.5, 0.6) is 0 Å². The molecule has 0 aromatic heterocycles. The van der Waals surface area contributed by atoms with Crippen LogP contribution in [0.4, 0.5) is 0 Å². The number of carboxylic acids is 1. The van der Waals surface area contributed by atoms with E-state index in [-0.39, 0.29) is 25.9 Å². The maximum atomic E-state index is 13.0. The van der Waals surface area contributed by atoms with Crippen LogP contribution < -0.4 is 0 Å². The highest BCUT2D eigenvalue weighted by molar-refractivity contribution is 5.74. The van der Waals surface area contributed by atoms with Crippen LogP contribution in [0.15, 0.2) is 0 Å². The molecule has 0 aliphatic carbocycles. The van der Waals surface area contributed by atoms with Gasteiger partial charge in [-0.1, -0.05) is 252 Å². The van der Waals surface area contributed by atoms with E-state index < -0.39 is 67.3 Å². The Balaban J connectivity index is 2.60. The lowest BCUT2D eigenvalue weighted by Gasteiger charge is -2.40. The first-order valence-corrected chi connectivity index (χ1v) is 29.0. The standard InChI is InChI=1S/C57H106O12/c1-4-7-10-13-16-19-21-22-23-24-25-26-27-28-30-32-34-37-40-43-49(58)65-46-48(67-50(59)44-41-38-35-31-18-15-12-9-6-3)47-66-57-55(53(62)52(61)54(69-57)56(63)64)68-51(60)45-42-39-36-33-29-20-17-14-11-8-5-2/h48,52-55,57,61-62H,4-47H2,1-3H3,(H,63,64). The number of unbranched alkanes of at least 4 members (excludes halogenated alkanes) is 36. The van der Waals surface area contributed by atoms with Crippen molar-refractivity contribution in [2.45, 2.75) is 327 Å². The summed E-state index contributed by atoms with van der Waals surface area (Å²) in [6, 6.07) is 0. The summed E-state index contributed by atoms with van der Waals surface area (Å²) in [7, 11) is 0. The van der Waals surface area contributed by atoms with Crippen LogP contribution in [0.2, 0.25) is 0 Å². The molecule has 1 fully saturated rings. The molecule has 0 bridgehead atoms. The zero-order chi connectivity index (χ0) is 50.4. The summed E-state index contributed by atoms with van der Waals surface area (Å²) < 4.78 is 28.3. The van der Waals surface area contributed by atoms with Gasteiger partial charge in [0.25, 0.3) is 0 Å². The van der Waals surface area contributed by atoms with Crippen LogP contribution in [-0.4, -0.2) is 89.2 Å². The Morgan fingerprint density at radius 3 is 1.09 bits per heavy atom. The molecule has 406 valence electrons. The van der Waals surface area contributed by atoms with Crippen molar-refractivity contribution in [3.63, 3.8) is 0 Å². The summed E-state index contributed by atoms with van der Waals surface area (Å²) in [6.45, 7) is 5.98. The van der Waals surface area contributed by atoms with Crippen molar-refractivity contribution >= 4 is 23.9 Å². The van der Waals surface area contributed by atoms with Gasteiger partial charge in [0.2, 0.25) is 0 Å². The second-order valence-electron chi connectivity index (χ2n) is 20.3. The van der Waals surface area contributed by atoms with Gasteiger partial charge in [-0.05, 0) is 19.3 Å². The first-order chi connectivity index (χ1) is 33.6. The third-order valence-electron chi connectivity index (χ3n) is 13.7. The molecular formula is C57H106O12. The van der Waals surface area contributed by atoms with E-state index in [1.807, 2.05) is 0 Å². The molecule has 3 N–H and O–H groups in total. The summed E-state index contributed by atoms with van der Waals surface area (Å²) in [5.74, 6) is -3.08. The summed E-state index contributed by atoms with van der Waals surface area (Å²) in [5, 5.41) is 31.3. The van der Waals surface area contributed by atoms with Crippen molar-refractivity contribution in [1.82, 2.24) is 0 Å². The summed E-state index contributed by atoms with van der Waals surface area (Å²) in [4.78, 5) is 50.9. The molecule has 1 saturated heterocycles. The molecule has 0 radical (unpaired) electrons. The minimum absolute atomic E-state index is 0.0694. The fourth-order valence-corrected chi connectivity index (χ4v) is 9.19. The van der Waals surface area contributed by atoms with E-state index in [2.05, 4.69) is 20.8 Å². The van der Waals surface area contributed by atoms with Crippen LogP contribution in [0.3, 0.4) is 0 Å². The third kappa shape index (κ3) is 37.2. The molecule has 0 saturated carbocycles. The number of aliphatic carboxylic acids is 1. The Morgan fingerprint density at radius 1 is 0.420 bits per heavy atom. The average molecular weight is 983 g/mol. The number of ether oxygens (including phenoxy) is 5. The minimum atomic E-state index is -1.89. The van der Waals surface area contributed by atoms with Crippen LogP contribution >= 0.6 is 0 Å². The Hall–Kier alpha value is -2.28. The lowest BCUT2D eigenvalue weighted by molar-refractivity contribution is -0.301. The number of rotatable bonds is 50. The summed E-state index contributed by atoms with van der Waals surface area (Å²) in [5.41, 5.74) is 0. The number of carbonyl (C=O) groups excluding carboxylic acids is 3. The lowest BCUT2D eigenvalue weighted by Crippen LogP contribution is -2.61. The van der Waals surface area contributed by atoms with E-state index >= 15 is 0 Å². The SMILES string of the molecule is CCCCCCCCCCCCCCCCCCCCCC(=O)OCC(COC1OC(C(=O)O)C(O)C(O)C1OC(=O)CCCCCCCCCCCCC)OC(=O)CCCCCCCCCCC. The highest BCUT2D eigenvalue weighted by Crippen LogP contribution is 2.27. The molecule has 6 unspecified atom stereocenters. The van der Waals surface area contributed by atoms with Gasteiger partial charge in [0.05, 0.1) is 6.61 Å². The molecule has 0 spiro atoms. The molecule has 12 heteroatoms. The predicted octanol–water partition coefficient (Wildman–Crippen LogP) is 14.3. The second-order valence-corrected chi connectivity index (χ2v) is 20.3. The number of hydrogen-bond donors (Lipinski definition) is 3. The number of carbonyl (C=O) groups is 4. The number of aliphatic hydroxyl groups is 2. The fraction of sp³-hybridized carbons (Fsp3) is 0.930. The Bertz CT molecular complexity index is 1210. The van der Waals surface area contributed by atoms with E-state index in [4.69, 9.17) is 23.7 Å². The highest BCUT2D eigenvalue weighted by atomic mass is 16.7. The molecule has 1 aliphatic rings. The van der Waals surface area contributed by atoms with Gasteiger partial charge < -0.3 is 39.0 Å². The number of carboxylic acid groups (broad SMARTS) is 1. The smallest absolute Gasteiger partial charge is 0.335 e. The number of esters is 3. The Kier molecular flexibility index (Phi) is 43.9. The number of hydrogen-bond acceptors (Lipinski definition) is 11. The maximum Gasteiger partial charge on any atom is 0.335 e. The van der Waals surface area contributed by atoms with E-state index in [1.54, 1.807) is 0 Å². The largest absolute Gasteiger partial charge is 0.479 e. The first-order valence-electron chi connectivity index (χ1n) is 29.0. The molecular weight excluding hydrogens is 877 g/mol. The summed E-state index contributed by atoms with van der Waals surface area (Å²) >= 11 is 0. The molecule has 1 aliphatic heterocycles. The van der Waals surface area contributed by atoms with Gasteiger partial charge in [-0.15, -0.1) is 0 Å². The Morgan fingerprint density at radius 2 is 0.739 bits per heavy atom. The van der Waals surface area contributed by atoms with Gasteiger partial charge in [0.1, 0.15) is 18.8 Å². The topological polar surface area (TPSA) is 175 Å². The van der Waals surface area contributed by atoms with Crippen molar-refractivity contribution in [2.75, 3.05) is 13.2 Å². The zero-order valence-electron chi connectivity index (χ0n) is 44.6. The molecule has 1 rings (SSSR count). The maximum absolute atomic E-state index is 13.0. The van der Waals surface area contributed by atoms with Crippen LogP contribution in [0.1, 0.15) is 290 Å². The van der Waals surface area contributed by atoms with Crippen LogP contribution in [0, 0.1) is 0 Å². The molecule has 0 aromatic rings. The fourth-order valence-electron chi connectivity index (χ4n) is 9.19. The minimum Gasteiger partial charge on any atom is -0.479 e. The van der Waals surface area contributed by atoms with Gasteiger partial charge in [0, 0.05) is 19.3 Å². The van der Waals surface area contributed by atoms with Gasteiger partial charge in [-0.25, -0.2) is 4.79 Å². The average Bonchev–Trinajstić information content (AvgIpc) is 3.33. The zero-order valence-corrected chi connectivity index (χ0v) is 44.6. The van der Waals surface area contributed by atoms with E-state index in [9.17, 15) is 34.5 Å². The predicted molar refractivity (Wildman–Crippen MR) is 276 cm³/mol. The van der Waals surface area contributed by atoms with Crippen molar-refractivity contribution in [3.8, 4) is 0 Å². The van der Waals surface area contributed by atoms with Crippen molar-refractivity contribution in [1.29, 1.82) is 0 Å². The Labute approximate surface area is 421 Å². The molecule has 69 heavy (non-hydrogen) atoms.